The third kappa shape index (κ3) is 4.99. The van der Waals surface area contributed by atoms with E-state index < -0.39 is 0 Å². The van der Waals surface area contributed by atoms with Gasteiger partial charge in [0.15, 0.2) is 0 Å². The Morgan fingerprint density at radius 1 is 1.19 bits per heavy atom. The number of nitrogens with zero attached hydrogens (tertiary/aromatic N) is 1. The zero-order valence-electron chi connectivity index (χ0n) is 15.4. The number of rotatable bonds is 7. The summed E-state index contributed by atoms with van der Waals surface area (Å²) in [4.78, 5) is 14.0. The summed E-state index contributed by atoms with van der Waals surface area (Å²) >= 11 is 0. The number of amides is 1. The molecule has 4 nitrogen and oxygen atoms in total. The Hall–Kier alpha value is -2.04. The van der Waals surface area contributed by atoms with Crippen molar-refractivity contribution >= 4 is 18.3 Å². The van der Waals surface area contributed by atoms with E-state index in [1.54, 1.807) is 7.11 Å². The molecular formula is C21H27ClN2O2. The first-order valence-electron chi connectivity index (χ1n) is 8.87. The van der Waals surface area contributed by atoms with Crippen molar-refractivity contribution < 1.29 is 9.53 Å². The summed E-state index contributed by atoms with van der Waals surface area (Å²) in [5, 5.41) is 3.63. The van der Waals surface area contributed by atoms with Crippen LogP contribution in [0.15, 0.2) is 48.5 Å². The number of hydrogen-bond acceptors (Lipinski definition) is 3. The van der Waals surface area contributed by atoms with Crippen LogP contribution in [-0.4, -0.2) is 31.0 Å². The standard InChI is InChI=1S/C21H26N2O2.ClH/c1-16-10-11-20(25-2)18(13-16)14-22-19(17-7-4-3-5-8-17)15-23-12-6-9-21(23)24;/h3-5,7-8,10-11,13,19,22H,6,9,12,14-15H2,1-2H3;1H. The summed E-state index contributed by atoms with van der Waals surface area (Å²) in [6.07, 6.45) is 1.64. The van der Waals surface area contributed by atoms with E-state index in [0.29, 0.717) is 19.5 Å². The SMILES string of the molecule is COc1ccc(C)cc1CNC(CN1CCCC1=O)c1ccccc1.Cl. The molecule has 1 amide bonds. The number of ether oxygens (including phenoxy) is 1. The van der Waals surface area contributed by atoms with Crippen LogP contribution in [0.4, 0.5) is 0 Å². The minimum atomic E-state index is 0. The molecule has 26 heavy (non-hydrogen) atoms. The topological polar surface area (TPSA) is 41.6 Å². The number of hydrogen-bond donors (Lipinski definition) is 1. The van der Waals surface area contributed by atoms with E-state index in [1.165, 1.54) is 11.1 Å². The predicted molar refractivity (Wildman–Crippen MR) is 107 cm³/mol. The van der Waals surface area contributed by atoms with Gasteiger partial charge in [0.2, 0.25) is 5.91 Å². The van der Waals surface area contributed by atoms with Gasteiger partial charge in [-0.05, 0) is 25.0 Å². The van der Waals surface area contributed by atoms with Crippen LogP contribution in [0.2, 0.25) is 0 Å². The van der Waals surface area contributed by atoms with E-state index in [-0.39, 0.29) is 24.4 Å². The molecule has 0 saturated carbocycles. The van der Waals surface area contributed by atoms with Gasteiger partial charge in [-0.15, -0.1) is 12.4 Å². The fourth-order valence-electron chi connectivity index (χ4n) is 3.37. The van der Waals surface area contributed by atoms with Crippen molar-refractivity contribution in [3.63, 3.8) is 0 Å². The van der Waals surface area contributed by atoms with Crippen LogP contribution in [0.3, 0.4) is 0 Å². The molecule has 0 bridgehead atoms. The molecule has 1 aliphatic heterocycles. The van der Waals surface area contributed by atoms with Crippen LogP contribution < -0.4 is 10.1 Å². The Kier molecular flexibility index (Phi) is 7.49. The maximum absolute atomic E-state index is 12.0. The molecule has 5 heteroatoms. The molecule has 0 spiro atoms. The lowest BCUT2D eigenvalue weighted by Gasteiger charge is -2.25. The van der Waals surface area contributed by atoms with Crippen molar-refractivity contribution in [1.82, 2.24) is 10.2 Å². The van der Waals surface area contributed by atoms with E-state index in [2.05, 4.69) is 36.5 Å². The van der Waals surface area contributed by atoms with Crippen molar-refractivity contribution in [3.05, 3.63) is 65.2 Å². The van der Waals surface area contributed by atoms with E-state index >= 15 is 0 Å². The van der Waals surface area contributed by atoms with Crippen molar-refractivity contribution in [2.24, 2.45) is 0 Å². The summed E-state index contributed by atoms with van der Waals surface area (Å²) in [6, 6.07) is 16.7. The maximum Gasteiger partial charge on any atom is 0.222 e. The van der Waals surface area contributed by atoms with Gasteiger partial charge in [-0.3, -0.25) is 4.79 Å². The first-order chi connectivity index (χ1) is 12.2. The summed E-state index contributed by atoms with van der Waals surface area (Å²) in [6.45, 7) is 4.35. The van der Waals surface area contributed by atoms with E-state index in [4.69, 9.17) is 4.74 Å². The molecule has 3 rings (SSSR count). The summed E-state index contributed by atoms with van der Waals surface area (Å²) in [5.74, 6) is 1.15. The van der Waals surface area contributed by atoms with Gasteiger partial charge in [-0.25, -0.2) is 0 Å². The molecule has 140 valence electrons. The fourth-order valence-corrected chi connectivity index (χ4v) is 3.37. The number of aryl methyl sites for hydroxylation is 1. The first kappa shape index (κ1) is 20.3. The average Bonchev–Trinajstić information content (AvgIpc) is 3.04. The van der Waals surface area contributed by atoms with Gasteiger partial charge in [-0.2, -0.15) is 0 Å². The minimum Gasteiger partial charge on any atom is -0.496 e. The summed E-state index contributed by atoms with van der Waals surface area (Å²) < 4.78 is 5.48. The van der Waals surface area contributed by atoms with Crippen LogP contribution >= 0.6 is 12.4 Å². The number of methoxy groups -OCH3 is 1. The van der Waals surface area contributed by atoms with Crippen LogP contribution in [0.1, 0.15) is 35.6 Å². The normalized spacial score (nSPS) is 14.8. The van der Waals surface area contributed by atoms with Crippen LogP contribution in [0, 0.1) is 6.92 Å². The van der Waals surface area contributed by atoms with Crippen molar-refractivity contribution in [2.45, 2.75) is 32.4 Å². The average molecular weight is 375 g/mol. The smallest absolute Gasteiger partial charge is 0.222 e. The maximum atomic E-state index is 12.0. The van der Waals surface area contributed by atoms with Crippen LogP contribution in [-0.2, 0) is 11.3 Å². The highest BCUT2D eigenvalue weighted by atomic mass is 35.5. The Balaban J connectivity index is 0.00000243. The van der Waals surface area contributed by atoms with Crippen molar-refractivity contribution in [2.75, 3.05) is 20.2 Å². The Labute approximate surface area is 162 Å². The number of carbonyl (C=O) groups excluding carboxylic acids is 1. The van der Waals surface area contributed by atoms with Crippen molar-refractivity contribution in [1.29, 1.82) is 0 Å². The van der Waals surface area contributed by atoms with Gasteiger partial charge in [0.1, 0.15) is 5.75 Å². The molecule has 1 atom stereocenters. The number of nitrogens with one attached hydrogen (secondary N) is 1. The highest BCUT2D eigenvalue weighted by molar-refractivity contribution is 5.85. The number of halogens is 1. The predicted octanol–water partition coefficient (Wildman–Crippen LogP) is 3.88. The van der Waals surface area contributed by atoms with Crippen LogP contribution in [0.25, 0.3) is 0 Å². The Morgan fingerprint density at radius 2 is 1.96 bits per heavy atom. The van der Waals surface area contributed by atoms with Gasteiger partial charge in [0.05, 0.1) is 13.2 Å². The molecule has 0 aromatic heterocycles. The molecule has 1 fully saturated rings. The molecule has 1 saturated heterocycles. The lowest BCUT2D eigenvalue weighted by molar-refractivity contribution is -0.128. The largest absolute Gasteiger partial charge is 0.496 e. The molecule has 0 aliphatic carbocycles. The minimum absolute atomic E-state index is 0. The van der Waals surface area contributed by atoms with Gasteiger partial charge in [0.25, 0.3) is 0 Å². The number of carbonyl (C=O) groups is 1. The van der Waals surface area contributed by atoms with E-state index in [9.17, 15) is 4.79 Å². The third-order valence-corrected chi connectivity index (χ3v) is 4.75. The Bertz CT molecular complexity index is 721. The van der Waals surface area contributed by atoms with Crippen LogP contribution in [0.5, 0.6) is 5.75 Å². The molecule has 1 N–H and O–H groups in total. The summed E-state index contributed by atoms with van der Waals surface area (Å²) in [5.41, 5.74) is 3.55. The van der Waals surface area contributed by atoms with E-state index in [1.807, 2.05) is 29.2 Å². The zero-order valence-corrected chi connectivity index (χ0v) is 16.2. The highest BCUT2D eigenvalue weighted by Gasteiger charge is 2.24. The second kappa shape index (κ2) is 9.60. The molecule has 2 aromatic carbocycles. The van der Waals surface area contributed by atoms with Crippen molar-refractivity contribution in [3.8, 4) is 5.75 Å². The first-order valence-corrected chi connectivity index (χ1v) is 8.87. The second-order valence-corrected chi connectivity index (χ2v) is 6.60. The molecule has 1 aliphatic rings. The third-order valence-electron chi connectivity index (χ3n) is 4.75. The van der Waals surface area contributed by atoms with Gasteiger partial charge < -0.3 is 15.0 Å². The number of benzene rings is 2. The second-order valence-electron chi connectivity index (χ2n) is 6.60. The molecule has 1 unspecified atom stereocenters. The molecule has 0 radical (unpaired) electrons. The quantitative estimate of drug-likeness (QED) is 0.799. The fraction of sp³-hybridized carbons (Fsp3) is 0.381. The number of likely N-dealkylation sites (tertiary alicyclic amines) is 1. The Morgan fingerprint density at radius 3 is 2.62 bits per heavy atom. The molecule has 2 aromatic rings. The van der Waals surface area contributed by atoms with E-state index in [0.717, 1.165) is 24.3 Å². The highest BCUT2D eigenvalue weighted by Crippen LogP contribution is 2.23. The lowest BCUT2D eigenvalue weighted by Crippen LogP contribution is -2.35. The monoisotopic (exact) mass is 374 g/mol. The lowest BCUT2D eigenvalue weighted by atomic mass is 10.0. The molecule has 1 heterocycles. The summed E-state index contributed by atoms with van der Waals surface area (Å²) in [7, 11) is 1.70. The van der Waals surface area contributed by atoms with Gasteiger partial charge in [-0.1, -0.05) is 48.0 Å². The molecular weight excluding hydrogens is 348 g/mol. The zero-order chi connectivity index (χ0) is 17.6. The van der Waals surface area contributed by atoms with Gasteiger partial charge >= 0.3 is 0 Å². The van der Waals surface area contributed by atoms with Gasteiger partial charge in [0, 0.05) is 31.6 Å².